The van der Waals surface area contributed by atoms with E-state index in [0.717, 1.165) is 11.1 Å². The van der Waals surface area contributed by atoms with E-state index in [0.29, 0.717) is 0 Å². The molecular weight excluding hydrogens is 362 g/mol. The zero-order valence-corrected chi connectivity index (χ0v) is 16.6. The van der Waals surface area contributed by atoms with Crippen molar-refractivity contribution in [2.45, 2.75) is 0 Å². The zero-order valence-electron chi connectivity index (χ0n) is 16.6. The van der Waals surface area contributed by atoms with Crippen LogP contribution < -0.4 is 0 Å². The molecule has 142 valence electrons. The molecule has 1 heteroatoms. The molecule has 0 unspecified atom stereocenters. The average molecular weight is 383 g/mol. The minimum Gasteiger partial charge on any atom is -0.256 e. The first-order valence-corrected chi connectivity index (χ1v) is 10.1. The first-order chi connectivity index (χ1) is 14.8. The molecule has 5 rings (SSSR count). The fraction of sp³-hybridized carbons (Fsp3) is 0. The Morgan fingerprint density at radius 2 is 1.07 bits per heavy atom. The Labute approximate surface area is 176 Å². The maximum Gasteiger partial charge on any atom is 0.0636 e. The fourth-order valence-corrected chi connectivity index (χ4v) is 3.68. The highest BCUT2D eigenvalue weighted by Crippen LogP contribution is 2.20. The lowest BCUT2D eigenvalue weighted by atomic mass is 10.0. The lowest BCUT2D eigenvalue weighted by Crippen LogP contribution is -1.83. The van der Waals surface area contributed by atoms with Crippen LogP contribution in [0.5, 0.6) is 0 Å². The molecule has 4 aromatic carbocycles. The Morgan fingerprint density at radius 3 is 1.83 bits per heavy atom. The first-order valence-electron chi connectivity index (χ1n) is 10.1. The highest BCUT2D eigenvalue weighted by atomic mass is 14.7. The monoisotopic (exact) mass is 383 g/mol. The van der Waals surface area contributed by atoms with Crippen molar-refractivity contribution in [1.82, 2.24) is 4.98 Å². The van der Waals surface area contributed by atoms with Gasteiger partial charge in [-0.05, 0) is 51.1 Å². The Hall–Kier alpha value is -3.97. The number of aromatic nitrogens is 1. The summed E-state index contributed by atoms with van der Waals surface area (Å²) in [6.07, 6.45) is 10.5. The van der Waals surface area contributed by atoms with Gasteiger partial charge in [0.2, 0.25) is 0 Å². The molecule has 0 radical (unpaired) electrons. The summed E-state index contributed by atoms with van der Waals surface area (Å²) in [5, 5.41) is 4.89. The van der Waals surface area contributed by atoms with Crippen LogP contribution in [0.2, 0.25) is 0 Å². The molecule has 0 atom stereocenters. The van der Waals surface area contributed by atoms with Crippen molar-refractivity contribution in [3.05, 3.63) is 126 Å². The molecule has 1 nitrogen and oxygen atoms in total. The first kappa shape index (κ1) is 18.1. The topological polar surface area (TPSA) is 12.9 Å². The van der Waals surface area contributed by atoms with Gasteiger partial charge in [-0.15, -0.1) is 0 Å². The Kier molecular flexibility index (Phi) is 4.93. The van der Waals surface area contributed by atoms with Gasteiger partial charge >= 0.3 is 0 Å². The molecule has 0 aliphatic carbocycles. The summed E-state index contributed by atoms with van der Waals surface area (Å²) in [6, 6.07) is 33.9. The second kappa shape index (κ2) is 8.18. The van der Waals surface area contributed by atoms with E-state index >= 15 is 0 Å². The van der Waals surface area contributed by atoms with Crippen molar-refractivity contribution in [3.8, 4) is 0 Å². The van der Waals surface area contributed by atoms with Gasteiger partial charge in [0.05, 0.1) is 5.69 Å². The minimum absolute atomic E-state index is 0.960. The van der Waals surface area contributed by atoms with Crippen LogP contribution in [0.15, 0.2) is 103 Å². The van der Waals surface area contributed by atoms with Gasteiger partial charge in [-0.2, -0.15) is 0 Å². The number of hydrogen-bond donors (Lipinski definition) is 0. The second-order valence-electron chi connectivity index (χ2n) is 7.36. The smallest absolute Gasteiger partial charge is 0.0636 e. The maximum atomic E-state index is 4.57. The molecule has 0 aliphatic heterocycles. The minimum atomic E-state index is 0.960. The van der Waals surface area contributed by atoms with Gasteiger partial charge in [0.15, 0.2) is 0 Å². The van der Waals surface area contributed by atoms with Gasteiger partial charge in [-0.1, -0.05) is 103 Å². The fourth-order valence-electron chi connectivity index (χ4n) is 3.68. The average Bonchev–Trinajstić information content (AvgIpc) is 2.81. The number of fused-ring (bicyclic) bond motifs is 2. The summed E-state index contributed by atoms with van der Waals surface area (Å²) in [5.41, 5.74) is 4.51. The number of pyridine rings is 1. The lowest BCUT2D eigenvalue weighted by Gasteiger charge is -2.03. The van der Waals surface area contributed by atoms with Crippen LogP contribution in [0.1, 0.15) is 22.4 Å². The molecule has 0 aliphatic rings. The van der Waals surface area contributed by atoms with E-state index in [1.807, 2.05) is 12.3 Å². The van der Waals surface area contributed by atoms with Crippen LogP contribution in [-0.2, 0) is 0 Å². The van der Waals surface area contributed by atoms with E-state index in [2.05, 4.69) is 120 Å². The van der Waals surface area contributed by atoms with Crippen molar-refractivity contribution in [3.63, 3.8) is 0 Å². The van der Waals surface area contributed by atoms with E-state index in [4.69, 9.17) is 0 Å². The van der Waals surface area contributed by atoms with Crippen LogP contribution >= 0.6 is 0 Å². The predicted molar refractivity (Wildman–Crippen MR) is 130 cm³/mol. The highest BCUT2D eigenvalue weighted by Gasteiger charge is 1.98. The van der Waals surface area contributed by atoms with Gasteiger partial charge in [0.25, 0.3) is 0 Å². The van der Waals surface area contributed by atoms with E-state index in [9.17, 15) is 0 Å². The molecule has 0 saturated heterocycles. The number of benzene rings is 4. The molecule has 1 heterocycles. The van der Waals surface area contributed by atoms with E-state index in [-0.39, 0.29) is 0 Å². The summed E-state index contributed by atoms with van der Waals surface area (Å²) in [6.45, 7) is 0. The van der Waals surface area contributed by atoms with Gasteiger partial charge in [0.1, 0.15) is 0 Å². The van der Waals surface area contributed by atoms with Gasteiger partial charge < -0.3 is 0 Å². The second-order valence-corrected chi connectivity index (χ2v) is 7.36. The van der Waals surface area contributed by atoms with Crippen molar-refractivity contribution in [2.75, 3.05) is 0 Å². The summed E-state index contributed by atoms with van der Waals surface area (Å²) < 4.78 is 0. The number of hydrogen-bond acceptors (Lipinski definition) is 1. The van der Waals surface area contributed by atoms with Crippen LogP contribution in [-0.4, -0.2) is 4.98 Å². The largest absolute Gasteiger partial charge is 0.256 e. The molecule has 5 aromatic rings. The predicted octanol–water partition coefficient (Wildman–Crippen LogP) is 7.73. The Balaban J connectivity index is 1.42. The SMILES string of the molecule is C(=Cc1ccccc1C=Cc1cc2ccccc2cn1)c1ccc2ccccc2c1. The third-order valence-corrected chi connectivity index (χ3v) is 5.31. The lowest BCUT2D eigenvalue weighted by molar-refractivity contribution is 1.33. The van der Waals surface area contributed by atoms with Crippen LogP contribution in [0.3, 0.4) is 0 Å². The maximum absolute atomic E-state index is 4.57. The van der Waals surface area contributed by atoms with Crippen LogP contribution in [0, 0.1) is 0 Å². The van der Waals surface area contributed by atoms with E-state index < -0.39 is 0 Å². The molecule has 0 saturated carbocycles. The van der Waals surface area contributed by atoms with Crippen LogP contribution in [0.4, 0.5) is 0 Å². The Morgan fingerprint density at radius 1 is 0.467 bits per heavy atom. The molecule has 30 heavy (non-hydrogen) atoms. The van der Waals surface area contributed by atoms with Crippen LogP contribution in [0.25, 0.3) is 45.8 Å². The molecule has 1 aromatic heterocycles. The van der Waals surface area contributed by atoms with Crippen molar-refractivity contribution < 1.29 is 0 Å². The van der Waals surface area contributed by atoms with Crippen molar-refractivity contribution >= 4 is 45.8 Å². The van der Waals surface area contributed by atoms with E-state index in [1.165, 1.54) is 32.8 Å². The molecule has 0 bridgehead atoms. The standard InChI is InChI=1S/C29H21N/c1-2-8-24(17-18-29-20-27-11-5-6-12-28(27)21-30-29)23(7-1)15-13-22-14-16-25-9-3-4-10-26(25)19-22/h1-21H. The molecule has 0 amide bonds. The highest BCUT2D eigenvalue weighted by molar-refractivity contribution is 5.87. The van der Waals surface area contributed by atoms with Gasteiger partial charge in [-0.3, -0.25) is 4.98 Å². The summed E-state index contributed by atoms with van der Waals surface area (Å²) in [7, 11) is 0. The Bertz CT molecular complexity index is 1280. The summed E-state index contributed by atoms with van der Waals surface area (Å²) in [4.78, 5) is 4.57. The molecule has 0 N–H and O–H groups in total. The summed E-state index contributed by atoms with van der Waals surface area (Å²) >= 11 is 0. The third-order valence-electron chi connectivity index (χ3n) is 5.31. The summed E-state index contributed by atoms with van der Waals surface area (Å²) in [5.74, 6) is 0. The third kappa shape index (κ3) is 3.92. The quantitative estimate of drug-likeness (QED) is 0.289. The molecule has 0 spiro atoms. The number of nitrogens with zero attached hydrogens (tertiary/aromatic N) is 1. The zero-order chi connectivity index (χ0) is 20.2. The van der Waals surface area contributed by atoms with E-state index in [1.54, 1.807) is 0 Å². The number of rotatable bonds is 4. The van der Waals surface area contributed by atoms with Crippen molar-refractivity contribution in [2.24, 2.45) is 0 Å². The van der Waals surface area contributed by atoms with Gasteiger partial charge in [-0.25, -0.2) is 0 Å². The molecular formula is C29H21N. The normalized spacial score (nSPS) is 11.7. The van der Waals surface area contributed by atoms with Gasteiger partial charge in [0, 0.05) is 11.6 Å². The van der Waals surface area contributed by atoms with Crippen molar-refractivity contribution in [1.29, 1.82) is 0 Å². The molecule has 0 fully saturated rings.